The van der Waals surface area contributed by atoms with Crippen LogP contribution in [0.15, 0.2) is 54.6 Å². The van der Waals surface area contributed by atoms with Gasteiger partial charge in [0.05, 0.1) is 17.9 Å². The number of H-pyrrole nitrogens is 1. The number of nitrogen functional groups attached to an aromatic ring is 1. The van der Waals surface area contributed by atoms with Gasteiger partial charge in [-0.25, -0.2) is 9.37 Å². The van der Waals surface area contributed by atoms with Crippen molar-refractivity contribution in [1.29, 1.82) is 0 Å². The van der Waals surface area contributed by atoms with Crippen LogP contribution in [-0.2, 0) is 25.9 Å². The van der Waals surface area contributed by atoms with E-state index in [0.29, 0.717) is 60.2 Å². The Hall–Kier alpha value is -5.10. The number of carbonyl (C=O) groups excluding carboxylic acids is 1. The molecule has 12 heteroatoms. The summed E-state index contributed by atoms with van der Waals surface area (Å²) in [5.74, 6) is 0.865. The van der Waals surface area contributed by atoms with E-state index in [1.807, 2.05) is 30.3 Å². The number of aromatic amines is 1. The van der Waals surface area contributed by atoms with Crippen molar-refractivity contribution >= 4 is 17.5 Å². The third-order valence-electron chi connectivity index (χ3n) is 7.98. The molecule has 0 atom stereocenters. The van der Waals surface area contributed by atoms with Crippen molar-refractivity contribution in [2.75, 3.05) is 17.2 Å². The molecule has 4 N–H and O–H groups in total. The van der Waals surface area contributed by atoms with Gasteiger partial charge < -0.3 is 15.7 Å². The largest absolute Gasteiger partial charge is 0.392 e. The molecule has 1 amide bonds. The zero-order valence-corrected chi connectivity index (χ0v) is 23.2. The maximum atomic E-state index is 15.2. The highest BCUT2D eigenvalue weighted by atomic mass is 19.1. The van der Waals surface area contributed by atoms with Gasteiger partial charge in [-0.1, -0.05) is 47.7 Å². The highest BCUT2D eigenvalue weighted by Gasteiger charge is 2.33. The summed E-state index contributed by atoms with van der Waals surface area (Å²) in [5.41, 5.74) is 11.4. The minimum Gasteiger partial charge on any atom is -0.392 e. The number of aliphatic hydroxyl groups excluding tert-OH is 1. The van der Waals surface area contributed by atoms with Gasteiger partial charge in [0.25, 0.3) is 5.91 Å². The third-order valence-corrected chi connectivity index (χ3v) is 7.98. The fourth-order valence-electron chi connectivity index (χ4n) is 5.71. The van der Waals surface area contributed by atoms with E-state index in [4.69, 9.17) is 5.73 Å². The number of aromatic nitrogens is 7. The van der Waals surface area contributed by atoms with Crippen LogP contribution in [0.5, 0.6) is 0 Å². The third kappa shape index (κ3) is 5.32. The summed E-state index contributed by atoms with van der Waals surface area (Å²) in [6, 6.07) is 16.7. The van der Waals surface area contributed by atoms with Crippen LogP contribution in [0.25, 0.3) is 11.4 Å². The Morgan fingerprint density at radius 2 is 1.77 bits per heavy atom. The fourth-order valence-corrected chi connectivity index (χ4v) is 5.71. The van der Waals surface area contributed by atoms with Crippen molar-refractivity contribution in [3.63, 3.8) is 0 Å². The number of fused-ring (bicyclic) bond motifs is 1. The first-order chi connectivity index (χ1) is 21.0. The molecule has 11 nitrogen and oxygen atoms in total. The second-order valence-corrected chi connectivity index (χ2v) is 10.9. The smallest absolute Gasteiger partial charge is 0.261 e. The van der Waals surface area contributed by atoms with Gasteiger partial charge in [0.1, 0.15) is 11.6 Å². The van der Waals surface area contributed by atoms with E-state index in [0.717, 1.165) is 35.1 Å². The van der Waals surface area contributed by atoms with Crippen LogP contribution in [0, 0.1) is 5.82 Å². The molecule has 2 aliphatic rings. The average molecular weight is 578 g/mol. The molecule has 0 bridgehead atoms. The van der Waals surface area contributed by atoms with Crippen molar-refractivity contribution in [2.24, 2.45) is 0 Å². The fraction of sp³-hybridized carbons (Fsp3) is 0.258. The van der Waals surface area contributed by atoms with Gasteiger partial charge in [-0.2, -0.15) is 15.2 Å². The number of hydrogen-bond donors (Lipinski definition) is 3. The monoisotopic (exact) mass is 577 g/mol. The summed E-state index contributed by atoms with van der Waals surface area (Å²) in [4.78, 5) is 28.5. The van der Waals surface area contributed by atoms with Crippen molar-refractivity contribution in [1.82, 2.24) is 35.6 Å². The highest BCUT2D eigenvalue weighted by Crippen LogP contribution is 2.42. The standard InChI is InChI=1S/C31H28FN9O2/c32-24-15-21(19-8-9-19)14-20-10-11-41(30(43)28(20)24)25-3-1-2-22(23(25)16-42)29-34-26(35-31(33)36-29)12-17-4-6-18(7-5-17)13-27-37-39-40-38-27/h1-7,14-15,19,42H,8-13,16H2,(H2,33,34,35,36)(H,37,38,39,40). The van der Waals surface area contributed by atoms with E-state index >= 15 is 4.39 Å². The van der Waals surface area contributed by atoms with Crippen LogP contribution in [0.3, 0.4) is 0 Å². The van der Waals surface area contributed by atoms with Crippen LogP contribution < -0.4 is 10.6 Å². The van der Waals surface area contributed by atoms with Gasteiger partial charge in [0, 0.05) is 30.5 Å². The summed E-state index contributed by atoms with van der Waals surface area (Å²) in [6.45, 7) is -0.0167. The number of anilines is 2. The van der Waals surface area contributed by atoms with Crippen molar-refractivity contribution in [3.05, 3.63) is 105 Å². The molecule has 43 heavy (non-hydrogen) atoms. The van der Waals surface area contributed by atoms with Crippen molar-refractivity contribution < 1.29 is 14.3 Å². The molecule has 5 aromatic rings. The van der Waals surface area contributed by atoms with Crippen LogP contribution in [0.2, 0.25) is 0 Å². The summed E-state index contributed by atoms with van der Waals surface area (Å²) in [5, 5.41) is 24.5. The summed E-state index contributed by atoms with van der Waals surface area (Å²) in [7, 11) is 0. The molecule has 3 aromatic carbocycles. The molecule has 0 spiro atoms. The van der Waals surface area contributed by atoms with E-state index in [2.05, 4.69) is 35.6 Å². The van der Waals surface area contributed by atoms with Gasteiger partial charge in [0.15, 0.2) is 11.6 Å². The number of nitrogens with one attached hydrogen (secondary N) is 1. The number of nitrogens with zero attached hydrogens (tertiary/aromatic N) is 7. The molecular formula is C31H28FN9O2. The second-order valence-electron chi connectivity index (χ2n) is 10.9. The van der Waals surface area contributed by atoms with E-state index < -0.39 is 11.7 Å². The Labute approximate surface area is 246 Å². The quantitative estimate of drug-likeness (QED) is 0.251. The van der Waals surface area contributed by atoms with Gasteiger partial charge in [-0.15, -0.1) is 10.2 Å². The van der Waals surface area contributed by atoms with Gasteiger partial charge in [0.2, 0.25) is 5.95 Å². The molecule has 0 radical (unpaired) electrons. The first-order valence-electron chi connectivity index (χ1n) is 14.1. The lowest BCUT2D eigenvalue weighted by Crippen LogP contribution is -2.39. The Balaban J connectivity index is 1.17. The van der Waals surface area contributed by atoms with Crippen LogP contribution >= 0.6 is 0 Å². The van der Waals surface area contributed by atoms with Crippen LogP contribution in [-0.4, -0.2) is 53.1 Å². The van der Waals surface area contributed by atoms with E-state index in [1.165, 1.54) is 11.0 Å². The molecule has 2 aromatic heterocycles. The molecule has 1 aliphatic carbocycles. The van der Waals surface area contributed by atoms with Crippen molar-refractivity contribution in [2.45, 2.75) is 44.6 Å². The number of nitrogens with two attached hydrogens (primary N) is 1. The highest BCUT2D eigenvalue weighted by molar-refractivity contribution is 6.09. The molecule has 1 fully saturated rings. The number of hydrogen-bond acceptors (Lipinski definition) is 9. The maximum Gasteiger partial charge on any atom is 0.261 e. The molecule has 0 unspecified atom stereocenters. The Kier molecular flexibility index (Phi) is 6.82. The van der Waals surface area contributed by atoms with Gasteiger partial charge in [-0.3, -0.25) is 4.79 Å². The summed E-state index contributed by atoms with van der Waals surface area (Å²) in [6.07, 6.45) is 3.59. The molecule has 1 saturated carbocycles. The zero-order chi connectivity index (χ0) is 29.5. The van der Waals surface area contributed by atoms with E-state index in [1.54, 1.807) is 18.2 Å². The number of benzene rings is 3. The van der Waals surface area contributed by atoms with E-state index in [-0.39, 0.29) is 23.9 Å². The minimum atomic E-state index is -0.492. The topological polar surface area (TPSA) is 160 Å². The summed E-state index contributed by atoms with van der Waals surface area (Å²) < 4.78 is 15.2. The second kappa shape index (κ2) is 11.0. The average Bonchev–Trinajstić information content (AvgIpc) is 3.74. The Bertz CT molecular complexity index is 1820. The first-order valence-corrected chi connectivity index (χ1v) is 14.1. The number of carbonyl (C=O) groups is 1. The van der Waals surface area contributed by atoms with E-state index in [9.17, 15) is 9.90 Å². The first kappa shape index (κ1) is 26.8. The number of rotatable bonds is 8. The lowest BCUT2D eigenvalue weighted by Gasteiger charge is -2.31. The lowest BCUT2D eigenvalue weighted by molar-refractivity contribution is 0.0976. The molecule has 3 heterocycles. The number of tetrazole rings is 1. The molecule has 7 rings (SSSR count). The van der Waals surface area contributed by atoms with Crippen LogP contribution in [0.1, 0.15) is 68.6 Å². The lowest BCUT2D eigenvalue weighted by atomic mass is 9.93. The summed E-state index contributed by atoms with van der Waals surface area (Å²) >= 11 is 0. The minimum absolute atomic E-state index is 0.0412. The number of halogens is 1. The number of aliphatic hydroxyl groups is 1. The SMILES string of the molecule is Nc1nc(Cc2ccc(Cc3nn[nH]n3)cc2)nc(-c2cccc(N3CCc4cc(C5CC5)cc(F)c4C3=O)c2CO)n1. The van der Waals surface area contributed by atoms with Crippen LogP contribution in [0.4, 0.5) is 16.0 Å². The molecular weight excluding hydrogens is 549 g/mol. The van der Waals surface area contributed by atoms with Gasteiger partial charge >= 0.3 is 0 Å². The predicted molar refractivity (Wildman–Crippen MR) is 156 cm³/mol. The Morgan fingerprint density at radius 1 is 1.00 bits per heavy atom. The zero-order valence-electron chi connectivity index (χ0n) is 23.2. The van der Waals surface area contributed by atoms with Crippen molar-refractivity contribution in [3.8, 4) is 11.4 Å². The molecule has 0 saturated heterocycles. The normalized spacial score (nSPS) is 14.7. The predicted octanol–water partition coefficient (Wildman–Crippen LogP) is 3.53. The van der Waals surface area contributed by atoms with Gasteiger partial charge in [-0.05, 0) is 59.6 Å². The maximum absolute atomic E-state index is 15.2. The molecule has 1 aliphatic heterocycles. The number of amides is 1. The Morgan fingerprint density at radius 3 is 2.47 bits per heavy atom. The molecule has 216 valence electrons.